The number of nitrogens with one attached hydrogen (secondary N) is 1. The van der Waals surface area contributed by atoms with E-state index in [9.17, 15) is 0 Å². The molecule has 0 radical (unpaired) electrons. The highest BCUT2D eigenvalue weighted by atomic mass is 35.5. The van der Waals surface area contributed by atoms with Crippen LogP contribution in [0.3, 0.4) is 0 Å². The third-order valence-corrected chi connectivity index (χ3v) is 2.79. The summed E-state index contributed by atoms with van der Waals surface area (Å²) >= 11 is 5.78. The van der Waals surface area contributed by atoms with E-state index in [0.717, 1.165) is 22.3 Å². The lowest BCUT2D eigenvalue weighted by Crippen LogP contribution is -2.22. The van der Waals surface area contributed by atoms with Crippen LogP contribution < -0.4 is 5.49 Å². The fourth-order valence-corrected chi connectivity index (χ4v) is 1.97. The van der Waals surface area contributed by atoms with Crippen molar-refractivity contribution in [2.24, 2.45) is 0 Å². The van der Waals surface area contributed by atoms with Crippen LogP contribution in [0.4, 0.5) is 0 Å². The van der Waals surface area contributed by atoms with Gasteiger partial charge in [-0.15, -0.1) is 11.6 Å². The summed E-state index contributed by atoms with van der Waals surface area (Å²) in [6, 6.07) is 6.10. The van der Waals surface area contributed by atoms with Crippen molar-refractivity contribution >= 4 is 22.5 Å². The molecule has 0 amide bonds. The maximum Gasteiger partial charge on any atom is 0.136 e. The third-order valence-electron chi connectivity index (χ3n) is 2.55. The van der Waals surface area contributed by atoms with E-state index in [1.165, 1.54) is 0 Å². The molecule has 2 rings (SSSR count). The molecule has 3 nitrogen and oxygen atoms in total. The van der Waals surface area contributed by atoms with E-state index in [1.807, 2.05) is 32.0 Å². The standard InChI is InChI=1S/C11H12ClN3/c1-7-4-3-5-9-10(7)14-8(2)15(6-12)11(9)13/h3-5,13H,6H2,1-2H3. The van der Waals surface area contributed by atoms with Gasteiger partial charge >= 0.3 is 0 Å². The number of alkyl halides is 1. The third kappa shape index (κ3) is 1.53. The van der Waals surface area contributed by atoms with Gasteiger partial charge in [-0.25, -0.2) is 4.98 Å². The Hall–Kier alpha value is -1.35. The van der Waals surface area contributed by atoms with E-state index in [4.69, 9.17) is 17.0 Å². The van der Waals surface area contributed by atoms with Gasteiger partial charge in [-0.2, -0.15) is 0 Å². The predicted octanol–water partition coefficient (Wildman–Crippen LogP) is 2.33. The number of benzene rings is 1. The first kappa shape index (κ1) is 10.2. The molecule has 0 saturated carbocycles. The van der Waals surface area contributed by atoms with Crippen molar-refractivity contribution in [1.29, 1.82) is 5.41 Å². The van der Waals surface area contributed by atoms with E-state index in [0.29, 0.717) is 5.49 Å². The zero-order valence-electron chi connectivity index (χ0n) is 8.71. The first-order chi connectivity index (χ1) is 7.15. The monoisotopic (exact) mass is 221 g/mol. The van der Waals surface area contributed by atoms with E-state index in [1.54, 1.807) is 4.57 Å². The van der Waals surface area contributed by atoms with Crippen LogP contribution in [0.15, 0.2) is 18.2 Å². The molecule has 1 N–H and O–H groups in total. The predicted molar refractivity (Wildman–Crippen MR) is 60.9 cm³/mol. The van der Waals surface area contributed by atoms with Crippen LogP contribution in [0.5, 0.6) is 0 Å². The molecule has 1 heterocycles. The lowest BCUT2D eigenvalue weighted by atomic mass is 10.1. The van der Waals surface area contributed by atoms with Crippen LogP contribution in [0.2, 0.25) is 0 Å². The molecule has 1 aromatic carbocycles. The van der Waals surface area contributed by atoms with Crippen LogP contribution in [-0.2, 0) is 6.00 Å². The number of nitrogens with zero attached hydrogens (tertiary/aromatic N) is 2. The maximum absolute atomic E-state index is 8.02. The Morgan fingerprint density at radius 2 is 2.13 bits per heavy atom. The molecule has 1 aromatic heterocycles. The second-order valence-electron chi connectivity index (χ2n) is 3.53. The van der Waals surface area contributed by atoms with Gasteiger partial charge in [0.05, 0.1) is 5.52 Å². The molecule has 0 aliphatic carbocycles. The average Bonchev–Trinajstić information content (AvgIpc) is 2.20. The highest BCUT2D eigenvalue weighted by Gasteiger charge is 2.05. The molecule has 0 bridgehead atoms. The quantitative estimate of drug-likeness (QED) is 0.738. The molecule has 0 aliphatic heterocycles. The molecule has 2 aromatic rings. The van der Waals surface area contributed by atoms with Crippen LogP contribution in [0.1, 0.15) is 11.4 Å². The van der Waals surface area contributed by atoms with Crippen molar-refractivity contribution in [2.75, 3.05) is 0 Å². The molecule has 0 aliphatic rings. The Labute approximate surface area is 92.8 Å². The molecule has 0 saturated heterocycles. The molecule has 4 heteroatoms. The van der Waals surface area contributed by atoms with Gasteiger partial charge in [0.2, 0.25) is 0 Å². The summed E-state index contributed by atoms with van der Waals surface area (Å²) in [5, 5.41) is 8.86. The van der Waals surface area contributed by atoms with Crippen molar-refractivity contribution < 1.29 is 0 Å². The Morgan fingerprint density at radius 3 is 2.80 bits per heavy atom. The van der Waals surface area contributed by atoms with Crippen molar-refractivity contribution in [1.82, 2.24) is 9.55 Å². The zero-order chi connectivity index (χ0) is 11.0. The van der Waals surface area contributed by atoms with E-state index < -0.39 is 0 Å². The molecule has 0 fully saturated rings. The summed E-state index contributed by atoms with van der Waals surface area (Å²) < 4.78 is 1.68. The number of hydrogen-bond donors (Lipinski definition) is 1. The van der Waals surface area contributed by atoms with Crippen molar-refractivity contribution in [3.63, 3.8) is 0 Å². The lowest BCUT2D eigenvalue weighted by molar-refractivity contribution is 0.742. The van der Waals surface area contributed by atoms with E-state index in [2.05, 4.69) is 4.98 Å². The van der Waals surface area contributed by atoms with Crippen molar-refractivity contribution in [3.8, 4) is 0 Å². The van der Waals surface area contributed by atoms with Crippen LogP contribution in [-0.4, -0.2) is 9.55 Å². The normalized spacial score (nSPS) is 10.9. The van der Waals surface area contributed by atoms with Crippen molar-refractivity contribution in [3.05, 3.63) is 35.1 Å². The fraction of sp³-hybridized carbons (Fsp3) is 0.273. The van der Waals surface area contributed by atoms with E-state index in [-0.39, 0.29) is 6.00 Å². The number of fused-ring (bicyclic) bond motifs is 1. The van der Waals surface area contributed by atoms with Gasteiger partial charge in [-0.1, -0.05) is 12.1 Å². The van der Waals surface area contributed by atoms with Crippen LogP contribution in [0.25, 0.3) is 10.9 Å². The Bertz CT molecular complexity index is 572. The summed E-state index contributed by atoms with van der Waals surface area (Å²) in [5.41, 5.74) is 2.41. The number of rotatable bonds is 1. The van der Waals surface area contributed by atoms with Crippen LogP contribution >= 0.6 is 11.6 Å². The van der Waals surface area contributed by atoms with Gasteiger partial charge in [-0.05, 0) is 25.5 Å². The zero-order valence-corrected chi connectivity index (χ0v) is 9.47. The smallest absolute Gasteiger partial charge is 0.136 e. The van der Waals surface area contributed by atoms with Gasteiger partial charge in [0.15, 0.2) is 0 Å². The van der Waals surface area contributed by atoms with Crippen molar-refractivity contribution in [2.45, 2.75) is 19.9 Å². The van der Waals surface area contributed by atoms with Gasteiger partial charge in [0, 0.05) is 5.39 Å². The minimum absolute atomic E-state index is 0.265. The summed E-state index contributed by atoms with van der Waals surface area (Å²) in [7, 11) is 0. The molecule has 0 unspecified atom stereocenters. The number of aromatic nitrogens is 2. The second kappa shape index (κ2) is 3.66. The van der Waals surface area contributed by atoms with Crippen LogP contribution in [0, 0.1) is 19.3 Å². The summed E-state index contributed by atoms with van der Waals surface area (Å²) in [6.45, 7) is 3.87. The number of aryl methyl sites for hydroxylation is 2. The molecule has 15 heavy (non-hydrogen) atoms. The number of hydrogen-bond acceptors (Lipinski definition) is 2. The SMILES string of the molecule is Cc1cccc2c(=N)n(CCl)c(C)nc12. The first-order valence-corrected chi connectivity index (χ1v) is 5.26. The lowest BCUT2D eigenvalue weighted by Gasteiger charge is -2.10. The first-order valence-electron chi connectivity index (χ1n) is 4.72. The minimum atomic E-state index is 0.265. The molecular formula is C11H12ClN3. The van der Waals surface area contributed by atoms with Gasteiger partial charge < -0.3 is 4.57 Å². The molecule has 0 spiro atoms. The average molecular weight is 222 g/mol. The highest BCUT2D eigenvalue weighted by Crippen LogP contribution is 2.12. The Kier molecular flexibility index (Phi) is 2.49. The molecular weight excluding hydrogens is 210 g/mol. The van der Waals surface area contributed by atoms with E-state index >= 15 is 0 Å². The summed E-state index contributed by atoms with van der Waals surface area (Å²) in [5.74, 6) is 0.775. The summed E-state index contributed by atoms with van der Waals surface area (Å²) in [4.78, 5) is 4.47. The van der Waals surface area contributed by atoms with Gasteiger partial charge in [0.25, 0.3) is 0 Å². The summed E-state index contributed by atoms with van der Waals surface area (Å²) in [6.07, 6.45) is 0. The minimum Gasteiger partial charge on any atom is -0.300 e. The van der Waals surface area contributed by atoms with Gasteiger partial charge in [-0.3, -0.25) is 5.41 Å². The molecule has 78 valence electrons. The Balaban J connectivity index is 2.98. The number of halogens is 1. The highest BCUT2D eigenvalue weighted by molar-refractivity contribution is 6.15. The molecule has 0 atom stereocenters. The fourth-order valence-electron chi connectivity index (χ4n) is 1.67. The van der Waals surface area contributed by atoms with Gasteiger partial charge in [0.1, 0.15) is 17.3 Å². The largest absolute Gasteiger partial charge is 0.300 e. The second-order valence-corrected chi connectivity index (χ2v) is 3.77. The number of para-hydroxylation sites is 1. The maximum atomic E-state index is 8.02. The topological polar surface area (TPSA) is 41.7 Å². The Morgan fingerprint density at radius 1 is 1.40 bits per heavy atom.